The van der Waals surface area contributed by atoms with E-state index >= 15 is 0 Å². The number of allylic oxidation sites excluding steroid dienone is 1. The van der Waals surface area contributed by atoms with Crippen LogP contribution in [0.1, 0.15) is 34.2 Å². The normalized spacial score (nSPS) is 10.7. The molecule has 4 heteroatoms. The highest BCUT2D eigenvalue weighted by Crippen LogP contribution is 2.22. The largest absolute Gasteiger partial charge is 0.207 e. The molecule has 0 saturated heterocycles. The topological polar surface area (TPSA) is 0 Å². The summed E-state index contributed by atoms with van der Waals surface area (Å²) in [6.45, 7) is 3.63. The molecule has 0 fully saturated rings. The Bertz CT molecular complexity index is 1380. The van der Waals surface area contributed by atoms with Crippen LogP contribution in [0.5, 0.6) is 0 Å². The van der Waals surface area contributed by atoms with Crippen LogP contribution in [-0.4, -0.2) is 0 Å². The van der Waals surface area contributed by atoms with Crippen LogP contribution in [0.15, 0.2) is 79.4 Å². The van der Waals surface area contributed by atoms with Crippen molar-refractivity contribution in [3.8, 4) is 11.8 Å². The third-order valence-corrected chi connectivity index (χ3v) is 5.71. The van der Waals surface area contributed by atoms with Crippen LogP contribution in [0, 0.1) is 35.1 Å². The first-order valence-corrected chi connectivity index (χ1v) is 11.0. The fourth-order valence-electron chi connectivity index (χ4n) is 3.82. The quantitative estimate of drug-likeness (QED) is 0.158. The second kappa shape index (κ2) is 10.4. The van der Waals surface area contributed by atoms with E-state index in [4.69, 9.17) is 0 Å². The van der Waals surface area contributed by atoms with Gasteiger partial charge in [-0.2, -0.15) is 0 Å². The average Bonchev–Trinajstić information content (AvgIpc) is 2.84. The summed E-state index contributed by atoms with van der Waals surface area (Å²) in [6, 6.07) is 17.8. The predicted octanol–water partition coefficient (Wildman–Crippen LogP) is 7.70. The van der Waals surface area contributed by atoms with E-state index < -0.39 is 23.3 Å². The molecule has 0 bridgehead atoms. The van der Waals surface area contributed by atoms with Gasteiger partial charge >= 0.3 is 0 Å². The molecule has 170 valence electrons. The van der Waals surface area contributed by atoms with Crippen LogP contribution in [0.3, 0.4) is 0 Å². The van der Waals surface area contributed by atoms with Gasteiger partial charge in [0.1, 0.15) is 11.6 Å². The molecule has 34 heavy (non-hydrogen) atoms. The van der Waals surface area contributed by atoms with E-state index in [2.05, 4.69) is 18.4 Å². The number of fused-ring (bicyclic) bond motifs is 1. The predicted molar refractivity (Wildman–Crippen MR) is 129 cm³/mol. The molecule has 0 nitrogen and oxygen atoms in total. The molecule has 0 N–H and O–H groups in total. The first kappa shape index (κ1) is 23.3. The zero-order valence-corrected chi connectivity index (χ0v) is 18.5. The van der Waals surface area contributed by atoms with Crippen LogP contribution in [0.25, 0.3) is 10.8 Å². The number of hydrogen-bond donors (Lipinski definition) is 0. The summed E-state index contributed by atoms with van der Waals surface area (Å²) in [4.78, 5) is 0. The van der Waals surface area contributed by atoms with E-state index in [0.29, 0.717) is 35.8 Å². The minimum Gasteiger partial charge on any atom is -0.207 e. The average molecular weight is 458 g/mol. The SMILES string of the molecule is C=CCCc1cc(F)c(CCc2ccc(C#Cc3ccc4c(F)c(F)ccc4c3)cc2)c(F)c1. The molecular formula is C30H22F4. The molecule has 4 rings (SSSR count). The van der Waals surface area contributed by atoms with Crippen molar-refractivity contribution in [3.63, 3.8) is 0 Å². The van der Waals surface area contributed by atoms with Crippen molar-refractivity contribution in [2.45, 2.75) is 25.7 Å². The van der Waals surface area contributed by atoms with Gasteiger partial charge in [-0.3, -0.25) is 0 Å². The van der Waals surface area contributed by atoms with Gasteiger partial charge in [0.2, 0.25) is 0 Å². The lowest BCUT2D eigenvalue weighted by Gasteiger charge is -2.08. The highest BCUT2D eigenvalue weighted by atomic mass is 19.2. The van der Waals surface area contributed by atoms with Gasteiger partial charge < -0.3 is 0 Å². The second-order valence-corrected chi connectivity index (χ2v) is 8.11. The Morgan fingerprint density at radius 3 is 2.03 bits per heavy atom. The number of rotatable bonds is 6. The fraction of sp³-hybridized carbons (Fsp3) is 0.133. The standard InChI is InChI=1S/C30H22F4/c1-2-3-4-23-18-28(32)26(29(33)19-23)15-11-21-7-5-20(6-8-21)9-10-22-12-14-25-24(17-22)13-16-27(31)30(25)34/h2,5-8,12-14,16-19H,1,3-4,11,15H2. The Hall–Kier alpha value is -3.84. The molecule has 4 aromatic rings. The third-order valence-electron chi connectivity index (χ3n) is 5.71. The molecule has 0 spiro atoms. The van der Waals surface area contributed by atoms with Crippen molar-refractivity contribution in [3.05, 3.63) is 130 Å². The van der Waals surface area contributed by atoms with Crippen LogP contribution in [0.2, 0.25) is 0 Å². The Morgan fingerprint density at radius 1 is 0.647 bits per heavy atom. The Labute approximate surface area is 196 Å². The summed E-state index contributed by atoms with van der Waals surface area (Å²) in [5.74, 6) is 3.31. The molecule has 0 heterocycles. The number of benzene rings is 4. The van der Waals surface area contributed by atoms with E-state index in [1.165, 1.54) is 24.3 Å². The third kappa shape index (κ3) is 5.38. The summed E-state index contributed by atoms with van der Waals surface area (Å²) in [5, 5.41) is 0.795. The minimum absolute atomic E-state index is 0.0962. The molecule has 4 aromatic carbocycles. The lowest BCUT2D eigenvalue weighted by molar-refractivity contribution is 0.517. The maximum absolute atomic E-state index is 14.4. The van der Waals surface area contributed by atoms with Crippen LogP contribution in [-0.2, 0) is 19.3 Å². The first-order valence-electron chi connectivity index (χ1n) is 11.0. The minimum atomic E-state index is -0.877. The van der Waals surface area contributed by atoms with Gasteiger partial charge in [-0.15, -0.1) is 6.58 Å². The highest BCUT2D eigenvalue weighted by molar-refractivity contribution is 5.84. The molecule has 0 unspecified atom stereocenters. The van der Waals surface area contributed by atoms with Gasteiger partial charge in [-0.05, 0) is 84.7 Å². The zero-order valence-electron chi connectivity index (χ0n) is 18.5. The number of hydrogen-bond acceptors (Lipinski definition) is 0. The number of aryl methyl sites for hydroxylation is 2. The van der Waals surface area contributed by atoms with Crippen LogP contribution >= 0.6 is 0 Å². The van der Waals surface area contributed by atoms with Gasteiger partial charge in [0, 0.05) is 22.1 Å². The van der Waals surface area contributed by atoms with Gasteiger partial charge in [0.15, 0.2) is 11.6 Å². The van der Waals surface area contributed by atoms with Gasteiger partial charge in [-0.1, -0.05) is 42.2 Å². The monoisotopic (exact) mass is 458 g/mol. The van der Waals surface area contributed by atoms with Crippen molar-refractivity contribution in [2.75, 3.05) is 0 Å². The van der Waals surface area contributed by atoms with Crippen molar-refractivity contribution >= 4 is 10.8 Å². The fourth-order valence-corrected chi connectivity index (χ4v) is 3.82. The van der Waals surface area contributed by atoms with E-state index in [1.807, 2.05) is 24.3 Å². The molecule has 0 aliphatic heterocycles. The van der Waals surface area contributed by atoms with E-state index in [1.54, 1.807) is 18.2 Å². The molecule has 0 aliphatic rings. The van der Waals surface area contributed by atoms with Crippen LogP contribution < -0.4 is 0 Å². The van der Waals surface area contributed by atoms with Crippen molar-refractivity contribution in [2.24, 2.45) is 0 Å². The second-order valence-electron chi connectivity index (χ2n) is 8.11. The molecule has 0 atom stereocenters. The maximum Gasteiger partial charge on any atom is 0.166 e. The first-order chi connectivity index (χ1) is 16.4. The lowest BCUT2D eigenvalue weighted by atomic mass is 10.00. The van der Waals surface area contributed by atoms with Gasteiger partial charge in [0.25, 0.3) is 0 Å². The molecule has 0 amide bonds. The van der Waals surface area contributed by atoms with E-state index in [-0.39, 0.29) is 17.4 Å². The Morgan fingerprint density at radius 2 is 1.32 bits per heavy atom. The van der Waals surface area contributed by atoms with E-state index in [9.17, 15) is 17.6 Å². The highest BCUT2D eigenvalue weighted by Gasteiger charge is 2.11. The summed E-state index contributed by atoms with van der Waals surface area (Å²) < 4.78 is 56.0. The molecule has 0 aromatic heterocycles. The van der Waals surface area contributed by atoms with Gasteiger partial charge in [0.05, 0.1) is 0 Å². The Kier molecular flexibility index (Phi) is 7.13. The number of halogens is 4. The summed E-state index contributed by atoms with van der Waals surface area (Å²) in [6.07, 6.45) is 3.73. The molecular weight excluding hydrogens is 436 g/mol. The van der Waals surface area contributed by atoms with Crippen LogP contribution in [0.4, 0.5) is 17.6 Å². The molecule has 0 saturated carbocycles. The summed E-state index contributed by atoms with van der Waals surface area (Å²) >= 11 is 0. The molecule has 0 aliphatic carbocycles. The van der Waals surface area contributed by atoms with E-state index in [0.717, 1.165) is 17.2 Å². The van der Waals surface area contributed by atoms with Gasteiger partial charge in [-0.25, -0.2) is 17.6 Å². The Balaban J connectivity index is 1.43. The lowest BCUT2D eigenvalue weighted by Crippen LogP contribution is -2.01. The van der Waals surface area contributed by atoms with Crippen molar-refractivity contribution in [1.29, 1.82) is 0 Å². The van der Waals surface area contributed by atoms with Crippen molar-refractivity contribution < 1.29 is 17.6 Å². The summed E-state index contributed by atoms with van der Waals surface area (Å²) in [7, 11) is 0. The maximum atomic E-state index is 14.4. The summed E-state index contributed by atoms with van der Waals surface area (Å²) in [5.41, 5.74) is 3.13. The molecule has 0 radical (unpaired) electrons. The smallest absolute Gasteiger partial charge is 0.166 e. The van der Waals surface area contributed by atoms with Crippen molar-refractivity contribution in [1.82, 2.24) is 0 Å². The zero-order chi connectivity index (χ0) is 24.1.